The van der Waals surface area contributed by atoms with Crippen LogP contribution in [0.4, 0.5) is 15.9 Å². The Morgan fingerprint density at radius 2 is 1.67 bits per heavy atom. The van der Waals surface area contributed by atoms with Gasteiger partial charge in [0, 0.05) is 65.9 Å². The lowest BCUT2D eigenvalue weighted by Gasteiger charge is -2.44. The second kappa shape index (κ2) is 19.1. The summed E-state index contributed by atoms with van der Waals surface area (Å²) >= 11 is 12.4. The van der Waals surface area contributed by atoms with E-state index < -0.39 is 47.5 Å². The zero-order valence-electron chi connectivity index (χ0n) is 35.2. The number of hydrogen-bond acceptors (Lipinski definition) is 11. The fraction of sp³-hybridized carbons (Fsp3) is 0.356. The highest BCUT2D eigenvalue weighted by Gasteiger charge is 2.45. The van der Waals surface area contributed by atoms with E-state index >= 15 is 0 Å². The maximum atomic E-state index is 14.1. The summed E-state index contributed by atoms with van der Waals surface area (Å²) in [6.45, 7) is 6.04. The van der Waals surface area contributed by atoms with Crippen molar-refractivity contribution in [2.24, 2.45) is 0 Å². The van der Waals surface area contributed by atoms with Crippen molar-refractivity contribution in [3.05, 3.63) is 110 Å². The molecule has 4 aromatic rings. The van der Waals surface area contributed by atoms with E-state index in [4.69, 9.17) is 33.7 Å². The average molecular weight is 916 g/mol. The lowest BCUT2D eigenvalue weighted by molar-refractivity contribution is -0.139. The van der Waals surface area contributed by atoms with Gasteiger partial charge >= 0.3 is 0 Å². The standard InChI is InChI=1S/C45H45Cl2FN8O8/c1-23-21-54(43(61)27-12-14-28(15-13-27)50-41(59)32-20-34(40(49)53-52-32)64-25(3)37-30(46)16-17-31(48)39(37)47)22-24(2)55(23)36(58)11-6-4-5-8-26-9-7-10-29-38(26)45(63)56(44(29)62)33-18-19-35(57)51-42(33)60/h7,9-10,12-17,20,23-25,33H,4-6,8,11,18-19,21-22H2,1-3H3,(H2,49,53)(H,50,59)(H,51,57,60)/t23-,24+,25-,33?/m1/s1. The number of nitrogens with zero attached hydrogens (tertiary/aromatic N) is 5. The van der Waals surface area contributed by atoms with Crippen molar-refractivity contribution < 1.29 is 42.7 Å². The van der Waals surface area contributed by atoms with Gasteiger partial charge in [-0.3, -0.25) is 43.8 Å². The number of hydrogen-bond donors (Lipinski definition) is 3. The van der Waals surface area contributed by atoms with E-state index in [-0.39, 0.29) is 80.7 Å². The van der Waals surface area contributed by atoms with Gasteiger partial charge in [-0.15, -0.1) is 10.2 Å². The number of imide groups is 2. The number of aromatic nitrogens is 2. The summed E-state index contributed by atoms with van der Waals surface area (Å²) in [5, 5.41) is 12.6. The number of aryl methyl sites for hydroxylation is 1. The molecule has 2 saturated heterocycles. The highest BCUT2D eigenvalue weighted by atomic mass is 35.5. The third kappa shape index (κ3) is 9.40. The Morgan fingerprint density at radius 1 is 0.953 bits per heavy atom. The summed E-state index contributed by atoms with van der Waals surface area (Å²) in [4.78, 5) is 95.4. The minimum atomic E-state index is -1.03. The van der Waals surface area contributed by atoms with Gasteiger partial charge in [0.25, 0.3) is 23.6 Å². The molecule has 7 rings (SSSR count). The molecule has 4 heterocycles. The minimum Gasteiger partial charge on any atom is -0.482 e. The Balaban J connectivity index is 0.876. The molecule has 16 nitrogen and oxygen atoms in total. The third-order valence-corrected chi connectivity index (χ3v) is 12.3. The quantitative estimate of drug-likeness (QED) is 0.0785. The summed E-state index contributed by atoms with van der Waals surface area (Å²) < 4.78 is 20.0. The zero-order chi connectivity index (χ0) is 46.0. The molecule has 7 amide bonds. The van der Waals surface area contributed by atoms with E-state index in [1.165, 1.54) is 12.1 Å². The Morgan fingerprint density at radius 3 is 2.38 bits per heavy atom. The van der Waals surface area contributed by atoms with Gasteiger partial charge in [-0.25, -0.2) is 4.39 Å². The van der Waals surface area contributed by atoms with Crippen LogP contribution < -0.4 is 21.1 Å². The van der Waals surface area contributed by atoms with E-state index in [2.05, 4.69) is 20.8 Å². The number of nitrogens with one attached hydrogen (secondary N) is 2. The number of nitrogens with two attached hydrogens (primary N) is 1. The number of amides is 7. The van der Waals surface area contributed by atoms with Crippen LogP contribution in [0.3, 0.4) is 0 Å². The van der Waals surface area contributed by atoms with Gasteiger partial charge in [0.1, 0.15) is 18.0 Å². The first kappa shape index (κ1) is 45.6. The number of unbranched alkanes of at least 4 members (excludes halogenated alkanes) is 2. The van der Waals surface area contributed by atoms with Crippen molar-refractivity contribution in [3.63, 3.8) is 0 Å². The number of piperazine rings is 1. The van der Waals surface area contributed by atoms with Gasteiger partial charge in [0.15, 0.2) is 17.3 Å². The first-order chi connectivity index (χ1) is 30.5. The average Bonchev–Trinajstić information content (AvgIpc) is 3.51. The van der Waals surface area contributed by atoms with Gasteiger partial charge in [-0.05, 0) is 94.5 Å². The SMILES string of the molecule is C[C@@H]1CN(C(=O)c2ccc(NC(=O)c3cc(O[C@H](C)c4c(Cl)ccc(F)c4Cl)c(N)nn3)cc2)C[C@H](C)N1C(=O)CCCCCc1cccc2c1C(=O)N(C1CCC(=O)NC1=O)C2=O. The smallest absolute Gasteiger partial charge is 0.276 e. The molecule has 3 aromatic carbocycles. The van der Waals surface area contributed by atoms with E-state index in [9.17, 15) is 38.0 Å². The molecule has 4 atom stereocenters. The number of nitrogen functional groups attached to an aromatic ring is 1. The summed E-state index contributed by atoms with van der Waals surface area (Å²) in [6, 6.07) is 13.6. The van der Waals surface area contributed by atoms with Gasteiger partial charge in [0.05, 0.1) is 16.1 Å². The van der Waals surface area contributed by atoms with Crippen LogP contribution in [0.25, 0.3) is 0 Å². The minimum absolute atomic E-state index is 0.000710. The molecule has 4 N–H and O–H groups in total. The molecule has 1 aromatic heterocycles. The Labute approximate surface area is 377 Å². The number of halogens is 3. The number of piperidine rings is 1. The van der Waals surface area contributed by atoms with Crippen LogP contribution in [0.1, 0.15) is 118 Å². The van der Waals surface area contributed by atoms with Crippen LogP contribution in [0, 0.1) is 5.82 Å². The van der Waals surface area contributed by atoms with E-state index in [0.29, 0.717) is 62.0 Å². The first-order valence-corrected chi connectivity index (χ1v) is 21.6. The molecule has 0 spiro atoms. The lowest BCUT2D eigenvalue weighted by atomic mass is 9.97. The maximum Gasteiger partial charge on any atom is 0.276 e. The van der Waals surface area contributed by atoms with Crippen LogP contribution in [0.5, 0.6) is 5.75 Å². The molecule has 334 valence electrons. The van der Waals surface area contributed by atoms with E-state index in [1.807, 2.05) is 18.7 Å². The highest BCUT2D eigenvalue weighted by molar-refractivity contribution is 6.36. The molecule has 1 unspecified atom stereocenters. The molecule has 3 aliphatic heterocycles. The fourth-order valence-electron chi connectivity index (χ4n) is 8.50. The monoisotopic (exact) mass is 914 g/mol. The van der Waals surface area contributed by atoms with Crippen molar-refractivity contribution >= 4 is 76.1 Å². The molecule has 64 heavy (non-hydrogen) atoms. The molecular formula is C45H45Cl2FN8O8. The lowest BCUT2D eigenvalue weighted by Crippen LogP contribution is -2.59. The number of rotatable bonds is 13. The van der Waals surface area contributed by atoms with Crippen molar-refractivity contribution in [1.82, 2.24) is 30.2 Å². The first-order valence-electron chi connectivity index (χ1n) is 20.8. The number of carbonyl (C=O) groups excluding carboxylic acids is 7. The number of anilines is 2. The van der Waals surface area contributed by atoms with Gasteiger partial charge in [-0.1, -0.05) is 41.8 Å². The molecule has 0 aliphatic carbocycles. The zero-order valence-corrected chi connectivity index (χ0v) is 36.7. The second-order valence-corrected chi connectivity index (χ2v) is 16.9. The Hall–Kier alpha value is -6.46. The van der Waals surface area contributed by atoms with Gasteiger partial charge < -0.3 is 25.6 Å². The van der Waals surface area contributed by atoms with Crippen LogP contribution in [-0.2, 0) is 20.8 Å². The Kier molecular flexibility index (Phi) is 13.6. The van der Waals surface area contributed by atoms with Crippen molar-refractivity contribution in [3.8, 4) is 5.75 Å². The van der Waals surface area contributed by atoms with Gasteiger partial charge in [0.2, 0.25) is 17.7 Å². The van der Waals surface area contributed by atoms with Crippen LogP contribution >= 0.6 is 23.2 Å². The predicted octanol–water partition coefficient (Wildman–Crippen LogP) is 6.16. The largest absolute Gasteiger partial charge is 0.482 e. The van der Waals surface area contributed by atoms with E-state index in [0.717, 1.165) is 11.0 Å². The molecular weight excluding hydrogens is 870 g/mol. The van der Waals surface area contributed by atoms with Crippen LogP contribution in [-0.4, -0.2) is 97.5 Å². The molecule has 0 radical (unpaired) electrons. The number of benzene rings is 3. The fourth-order valence-corrected chi connectivity index (χ4v) is 9.18. The molecule has 3 aliphatic rings. The summed E-state index contributed by atoms with van der Waals surface area (Å²) in [5.41, 5.74) is 8.00. The van der Waals surface area contributed by atoms with Crippen molar-refractivity contribution in [1.29, 1.82) is 0 Å². The summed E-state index contributed by atoms with van der Waals surface area (Å²) in [7, 11) is 0. The van der Waals surface area contributed by atoms with Crippen LogP contribution in [0.2, 0.25) is 10.0 Å². The number of fused-ring (bicyclic) bond motifs is 1. The van der Waals surface area contributed by atoms with Crippen molar-refractivity contribution in [2.75, 3.05) is 24.1 Å². The third-order valence-electron chi connectivity index (χ3n) is 11.6. The van der Waals surface area contributed by atoms with Crippen LogP contribution in [0.15, 0.2) is 60.7 Å². The summed E-state index contributed by atoms with van der Waals surface area (Å²) in [5.74, 6) is -3.86. The van der Waals surface area contributed by atoms with Gasteiger partial charge in [-0.2, -0.15) is 0 Å². The second-order valence-electron chi connectivity index (χ2n) is 16.1. The topological polar surface area (TPSA) is 214 Å². The summed E-state index contributed by atoms with van der Waals surface area (Å²) in [6.07, 6.45) is 2.02. The number of carbonyl (C=O) groups is 7. The Bertz CT molecular complexity index is 2550. The van der Waals surface area contributed by atoms with E-state index in [1.54, 1.807) is 54.3 Å². The molecule has 19 heteroatoms. The molecule has 2 fully saturated rings. The number of ether oxygens (including phenoxy) is 1. The normalized spacial score (nSPS) is 19.0. The predicted molar refractivity (Wildman–Crippen MR) is 233 cm³/mol. The van der Waals surface area contributed by atoms with Crippen molar-refractivity contribution in [2.45, 2.75) is 89.9 Å². The highest BCUT2D eigenvalue weighted by Crippen LogP contribution is 2.36. The maximum absolute atomic E-state index is 14.1. The molecule has 0 saturated carbocycles. The molecule has 0 bridgehead atoms.